The highest BCUT2D eigenvalue weighted by atomic mass is 32.1. The third kappa shape index (κ3) is 6.49. The van der Waals surface area contributed by atoms with E-state index in [-0.39, 0.29) is 18.5 Å². The molecule has 0 unspecified atom stereocenters. The molecule has 2 aromatic carbocycles. The number of rotatable bonds is 10. The smallest absolute Gasteiger partial charge is 0.439 e. The summed E-state index contributed by atoms with van der Waals surface area (Å²) in [7, 11) is 1.48. The summed E-state index contributed by atoms with van der Waals surface area (Å²) in [6, 6.07) is 10.0. The summed E-state index contributed by atoms with van der Waals surface area (Å²) in [4.78, 5) is 19.3. The van der Waals surface area contributed by atoms with E-state index in [2.05, 4.69) is 20.0 Å². The van der Waals surface area contributed by atoms with E-state index >= 15 is 0 Å². The number of aromatic amines is 1. The number of benzene rings is 2. The fraction of sp³-hybridized carbons (Fsp3) is 0.346. The summed E-state index contributed by atoms with van der Waals surface area (Å²) in [5.74, 6) is 0.475. The van der Waals surface area contributed by atoms with Gasteiger partial charge in [0.2, 0.25) is 0 Å². The van der Waals surface area contributed by atoms with Crippen molar-refractivity contribution >= 4 is 11.3 Å². The quantitative estimate of drug-likeness (QED) is 0.277. The van der Waals surface area contributed by atoms with Gasteiger partial charge in [-0.1, -0.05) is 17.3 Å². The van der Waals surface area contributed by atoms with Crippen LogP contribution in [0.4, 0.5) is 13.2 Å². The number of H-pyrrole nitrogens is 1. The molecular formula is C26H25F3N4O5S. The number of hydrogen-bond acceptors (Lipinski definition) is 9. The van der Waals surface area contributed by atoms with Gasteiger partial charge in [0, 0.05) is 31.3 Å². The number of halogens is 3. The van der Waals surface area contributed by atoms with Crippen LogP contribution in [-0.2, 0) is 24.1 Å². The molecule has 0 radical (unpaired) electrons. The van der Waals surface area contributed by atoms with Gasteiger partial charge in [-0.05, 0) is 37.1 Å². The van der Waals surface area contributed by atoms with Gasteiger partial charge < -0.3 is 19.5 Å². The standard InChI is InChI=1S/C26H25F3N4O5S/c1-35-21-11-17(8-9-19(21)23-32-25(34)38-33-23)37-14-22-20(13-30-12-18-3-2-10-36-18)31-24(39-22)15-4-6-16(7-5-15)26(27,28)29/h4-9,11,18,30H,2-3,10,12-14H2,1H3,(H,32,33,34)/t18-/m0/s1. The van der Waals surface area contributed by atoms with Gasteiger partial charge in [0.25, 0.3) is 0 Å². The number of aromatic nitrogens is 3. The molecule has 206 valence electrons. The number of hydrogen-bond donors (Lipinski definition) is 2. The van der Waals surface area contributed by atoms with Crippen LogP contribution in [0.15, 0.2) is 51.8 Å². The van der Waals surface area contributed by atoms with E-state index in [0.717, 1.165) is 42.2 Å². The molecule has 9 nitrogen and oxygen atoms in total. The van der Waals surface area contributed by atoms with Crippen LogP contribution in [0.25, 0.3) is 22.0 Å². The monoisotopic (exact) mass is 562 g/mol. The largest absolute Gasteiger partial charge is 0.496 e. The van der Waals surface area contributed by atoms with E-state index < -0.39 is 17.5 Å². The lowest BCUT2D eigenvalue weighted by molar-refractivity contribution is -0.137. The number of alkyl halides is 3. The Bertz CT molecular complexity index is 1460. The van der Waals surface area contributed by atoms with Crippen molar-refractivity contribution in [1.82, 2.24) is 20.4 Å². The van der Waals surface area contributed by atoms with Crippen LogP contribution in [-0.4, -0.2) is 41.5 Å². The fourth-order valence-corrected chi connectivity index (χ4v) is 5.16. The highest BCUT2D eigenvalue weighted by Gasteiger charge is 2.30. The Morgan fingerprint density at radius 2 is 2.03 bits per heavy atom. The van der Waals surface area contributed by atoms with E-state index in [1.165, 1.54) is 30.6 Å². The fourth-order valence-electron chi connectivity index (χ4n) is 4.17. The van der Waals surface area contributed by atoms with Crippen molar-refractivity contribution in [1.29, 1.82) is 0 Å². The van der Waals surface area contributed by atoms with Gasteiger partial charge >= 0.3 is 11.9 Å². The van der Waals surface area contributed by atoms with Crippen LogP contribution in [0, 0.1) is 0 Å². The molecule has 1 fully saturated rings. The maximum Gasteiger partial charge on any atom is 0.439 e. The Hall–Kier alpha value is -3.68. The van der Waals surface area contributed by atoms with E-state index in [1.807, 2.05) is 0 Å². The van der Waals surface area contributed by atoms with Crippen LogP contribution < -0.4 is 20.5 Å². The zero-order chi connectivity index (χ0) is 27.4. The van der Waals surface area contributed by atoms with Gasteiger partial charge in [0.1, 0.15) is 23.1 Å². The molecule has 1 aliphatic rings. The first-order valence-corrected chi connectivity index (χ1v) is 13.0. The van der Waals surface area contributed by atoms with Crippen molar-refractivity contribution in [3.8, 4) is 33.5 Å². The van der Waals surface area contributed by atoms with Gasteiger partial charge in [-0.3, -0.25) is 9.51 Å². The summed E-state index contributed by atoms with van der Waals surface area (Å²) in [5.41, 5.74) is 1.15. The van der Waals surface area contributed by atoms with Crippen LogP contribution in [0.5, 0.6) is 11.5 Å². The molecule has 1 aliphatic heterocycles. The highest BCUT2D eigenvalue weighted by Crippen LogP contribution is 2.35. The van der Waals surface area contributed by atoms with Crippen molar-refractivity contribution in [2.75, 3.05) is 20.3 Å². The van der Waals surface area contributed by atoms with Gasteiger partial charge in [-0.15, -0.1) is 11.3 Å². The second-order valence-electron chi connectivity index (χ2n) is 8.82. The van der Waals surface area contributed by atoms with Crippen LogP contribution in [0.3, 0.4) is 0 Å². The topological polar surface area (TPSA) is 112 Å². The number of ether oxygens (including phenoxy) is 3. The molecule has 0 aliphatic carbocycles. The lowest BCUT2D eigenvalue weighted by Crippen LogP contribution is -2.26. The molecular weight excluding hydrogens is 537 g/mol. The molecule has 1 saturated heterocycles. The second-order valence-corrected chi connectivity index (χ2v) is 9.91. The molecule has 2 aromatic heterocycles. The van der Waals surface area contributed by atoms with Crippen molar-refractivity contribution in [3.05, 3.63) is 69.1 Å². The van der Waals surface area contributed by atoms with E-state index in [0.29, 0.717) is 40.7 Å². The van der Waals surface area contributed by atoms with Gasteiger partial charge in [-0.25, -0.2) is 9.78 Å². The molecule has 13 heteroatoms. The maximum atomic E-state index is 13.0. The molecule has 0 saturated carbocycles. The summed E-state index contributed by atoms with van der Waals surface area (Å²) in [6.07, 6.45) is -2.22. The first-order valence-electron chi connectivity index (χ1n) is 12.2. The Morgan fingerprint density at radius 1 is 1.21 bits per heavy atom. The molecule has 0 spiro atoms. The molecule has 0 bridgehead atoms. The average molecular weight is 563 g/mol. The van der Waals surface area contributed by atoms with Crippen molar-refractivity contribution in [3.63, 3.8) is 0 Å². The summed E-state index contributed by atoms with van der Waals surface area (Å²) < 4.78 is 60.7. The Morgan fingerprint density at radius 3 is 2.69 bits per heavy atom. The minimum absolute atomic E-state index is 0.156. The summed E-state index contributed by atoms with van der Waals surface area (Å²) in [5, 5.41) is 7.66. The van der Waals surface area contributed by atoms with E-state index in [1.54, 1.807) is 18.2 Å². The van der Waals surface area contributed by atoms with Gasteiger partial charge in [-0.2, -0.15) is 13.2 Å². The number of nitrogens with zero attached hydrogens (tertiary/aromatic N) is 2. The van der Waals surface area contributed by atoms with Crippen molar-refractivity contribution < 1.29 is 31.9 Å². The SMILES string of the molecule is COc1cc(OCc2sc(-c3ccc(C(F)(F)F)cc3)nc2CNC[C@@H]2CCCO2)ccc1-c1noc(=O)[nH]1. The molecule has 0 amide bonds. The van der Waals surface area contributed by atoms with Gasteiger partial charge in [0.15, 0.2) is 5.82 Å². The highest BCUT2D eigenvalue weighted by molar-refractivity contribution is 7.15. The van der Waals surface area contributed by atoms with E-state index in [9.17, 15) is 18.0 Å². The third-order valence-corrected chi connectivity index (χ3v) is 7.28. The molecule has 4 aromatic rings. The van der Waals surface area contributed by atoms with Crippen molar-refractivity contribution in [2.45, 2.75) is 38.3 Å². The minimum atomic E-state index is -4.41. The first kappa shape index (κ1) is 26.9. The predicted octanol–water partition coefficient (Wildman–Crippen LogP) is 5.03. The maximum absolute atomic E-state index is 13.0. The Kier molecular flexibility index (Phi) is 8.00. The Labute approximate surface area is 224 Å². The van der Waals surface area contributed by atoms with E-state index in [4.69, 9.17) is 19.2 Å². The number of methoxy groups -OCH3 is 1. The van der Waals surface area contributed by atoms with Crippen LogP contribution in [0.2, 0.25) is 0 Å². The van der Waals surface area contributed by atoms with Crippen molar-refractivity contribution in [2.24, 2.45) is 0 Å². The number of nitrogens with one attached hydrogen (secondary N) is 2. The molecule has 39 heavy (non-hydrogen) atoms. The predicted molar refractivity (Wildman–Crippen MR) is 137 cm³/mol. The summed E-state index contributed by atoms with van der Waals surface area (Å²) in [6.45, 7) is 2.07. The molecule has 2 N–H and O–H groups in total. The molecule has 3 heterocycles. The van der Waals surface area contributed by atoms with Gasteiger partial charge in [0.05, 0.1) is 34.9 Å². The first-order chi connectivity index (χ1) is 18.8. The summed E-state index contributed by atoms with van der Waals surface area (Å²) >= 11 is 1.36. The van der Waals surface area contributed by atoms with Crippen LogP contribution in [0.1, 0.15) is 29.0 Å². The molecule has 1 atom stereocenters. The normalized spacial score (nSPS) is 15.5. The lowest BCUT2D eigenvalue weighted by Gasteiger charge is -2.12. The average Bonchev–Trinajstić information content (AvgIpc) is 3.69. The molecule has 5 rings (SSSR count). The lowest BCUT2D eigenvalue weighted by atomic mass is 10.1. The van der Waals surface area contributed by atoms with Crippen LogP contribution >= 0.6 is 11.3 Å². The second kappa shape index (κ2) is 11.6. The third-order valence-electron chi connectivity index (χ3n) is 6.16. The zero-order valence-corrected chi connectivity index (χ0v) is 21.7. The zero-order valence-electron chi connectivity index (χ0n) is 20.8. The number of thiazole rings is 1. The Balaban J connectivity index is 1.34. The minimum Gasteiger partial charge on any atom is -0.496 e.